The van der Waals surface area contributed by atoms with Crippen LogP contribution in [0.25, 0.3) is 95.7 Å². The van der Waals surface area contributed by atoms with Crippen molar-refractivity contribution in [2.75, 3.05) is 4.90 Å². The summed E-state index contributed by atoms with van der Waals surface area (Å²) in [6, 6.07) is 72.6. The molecule has 0 aliphatic carbocycles. The number of fused-ring (bicyclic) bond motifs is 9. The number of hydrogen-bond donors (Lipinski definition) is 0. The molecule has 12 aromatic rings. The van der Waals surface area contributed by atoms with Gasteiger partial charge in [-0.1, -0.05) is 133 Å². The van der Waals surface area contributed by atoms with Crippen molar-refractivity contribution < 1.29 is 4.42 Å². The molecule has 3 heterocycles. The van der Waals surface area contributed by atoms with Crippen LogP contribution < -0.4 is 4.90 Å². The minimum atomic E-state index is 0.903. The van der Waals surface area contributed by atoms with Crippen molar-refractivity contribution in [3.8, 4) is 33.4 Å². The maximum Gasteiger partial charge on any atom is 0.143 e. The van der Waals surface area contributed by atoms with Crippen LogP contribution in [0.4, 0.5) is 17.1 Å². The predicted octanol–water partition coefficient (Wildman–Crippen LogP) is 16.8. The first kappa shape index (κ1) is 33.2. The van der Waals surface area contributed by atoms with Gasteiger partial charge in [0.2, 0.25) is 0 Å². The quantitative estimate of drug-likeness (QED) is 0.167. The van der Waals surface area contributed by atoms with E-state index in [-0.39, 0.29) is 0 Å². The van der Waals surface area contributed by atoms with Gasteiger partial charge in [0.15, 0.2) is 0 Å². The number of para-hydroxylation sites is 2. The number of anilines is 3. The van der Waals surface area contributed by atoms with Crippen molar-refractivity contribution in [1.29, 1.82) is 0 Å². The van der Waals surface area contributed by atoms with Crippen molar-refractivity contribution in [3.63, 3.8) is 0 Å². The molecule has 9 aromatic carbocycles. The van der Waals surface area contributed by atoms with Crippen LogP contribution in [0, 0.1) is 0 Å². The summed E-state index contributed by atoms with van der Waals surface area (Å²) in [6.07, 6.45) is 0. The lowest BCUT2D eigenvalue weighted by Gasteiger charge is -2.26. The highest BCUT2D eigenvalue weighted by molar-refractivity contribution is 7.26. The van der Waals surface area contributed by atoms with Gasteiger partial charge in [0.05, 0.1) is 0 Å². The normalized spacial score (nSPS) is 11.8. The molecule has 0 aliphatic heterocycles. The molecular weight excluding hydrogens is 743 g/mol. The summed E-state index contributed by atoms with van der Waals surface area (Å²) in [4.78, 5) is 2.37. The summed E-state index contributed by atoms with van der Waals surface area (Å²) in [7, 11) is 0. The standard InChI is InChI=1S/C54H33NOS2/c1-4-19-49-43(12-1)46-17-8-15-41(53(46)56-49)37-10-7-11-40(32-37)55(38-27-22-34(23-28-38)36-26-31-52-48(33-36)45-14-3-5-20-50(45)57-52)39-29-24-35(25-30-39)42-16-9-18-47-44-13-2-6-21-51(44)58-54(42)47/h1-33H. The lowest BCUT2D eigenvalue weighted by atomic mass is 10.00. The topological polar surface area (TPSA) is 16.4 Å². The largest absolute Gasteiger partial charge is 0.455 e. The molecule has 0 saturated carbocycles. The van der Waals surface area contributed by atoms with Crippen LogP contribution in [-0.2, 0) is 0 Å². The molecule has 0 unspecified atom stereocenters. The van der Waals surface area contributed by atoms with Crippen LogP contribution in [0.3, 0.4) is 0 Å². The Kier molecular flexibility index (Phi) is 7.62. The first-order valence-corrected chi connectivity index (χ1v) is 21.2. The lowest BCUT2D eigenvalue weighted by molar-refractivity contribution is 0.670. The van der Waals surface area contributed by atoms with Crippen molar-refractivity contribution in [3.05, 3.63) is 200 Å². The fourth-order valence-corrected chi connectivity index (χ4v) is 11.0. The fraction of sp³-hybridized carbons (Fsp3) is 0. The number of hydrogen-bond acceptors (Lipinski definition) is 4. The van der Waals surface area contributed by atoms with Gasteiger partial charge in [0.1, 0.15) is 11.2 Å². The van der Waals surface area contributed by atoms with E-state index in [1.54, 1.807) is 0 Å². The number of benzene rings is 9. The van der Waals surface area contributed by atoms with E-state index in [1.165, 1.54) is 62.6 Å². The average Bonchev–Trinajstić information content (AvgIpc) is 3.98. The zero-order valence-electron chi connectivity index (χ0n) is 31.2. The Hall–Kier alpha value is -6.98. The van der Waals surface area contributed by atoms with Crippen LogP contribution in [0.1, 0.15) is 0 Å². The molecule has 0 bridgehead atoms. The Morgan fingerprint density at radius 1 is 0.328 bits per heavy atom. The molecule has 0 amide bonds. The summed E-state index contributed by atoms with van der Waals surface area (Å²) in [5, 5.41) is 7.52. The molecule has 0 radical (unpaired) electrons. The molecule has 0 saturated heterocycles. The number of thiophene rings is 2. The summed E-state index contributed by atoms with van der Waals surface area (Å²) in [5.41, 5.74) is 12.1. The van der Waals surface area contributed by atoms with E-state index >= 15 is 0 Å². The van der Waals surface area contributed by atoms with Gasteiger partial charge >= 0.3 is 0 Å². The molecule has 0 spiro atoms. The lowest BCUT2D eigenvalue weighted by Crippen LogP contribution is -2.10. The molecular formula is C54H33NOS2. The van der Waals surface area contributed by atoms with Gasteiger partial charge in [-0.3, -0.25) is 0 Å². The highest BCUT2D eigenvalue weighted by Gasteiger charge is 2.18. The van der Waals surface area contributed by atoms with E-state index in [1.807, 2.05) is 34.8 Å². The third kappa shape index (κ3) is 5.37. The Morgan fingerprint density at radius 2 is 0.914 bits per heavy atom. The molecule has 272 valence electrons. The van der Waals surface area contributed by atoms with E-state index in [0.717, 1.165) is 50.1 Å². The zero-order chi connectivity index (χ0) is 38.2. The third-order valence-electron chi connectivity index (χ3n) is 11.5. The second-order valence-corrected chi connectivity index (χ2v) is 17.0. The summed E-state index contributed by atoms with van der Waals surface area (Å²) >= 11 is 3.73. The minimum absolute atomic E-state index is 0.903. The Morgan fingerprint density at radius 3 is 1.71 bits per heavy atom. The Balaban J connectivity index is 0.975. The number of furan rings is 1. The molecule has 3 aromatic heterocycles. The smallest absolute Gasteiger partial charge is 0.143 e. The van der Waals surface area contributed by atoms with Gasteiger partial charge in [-0.05, 0) is 94.5 Å². The molecule has 58 heavy (non-hydrogen) atoms. The number of nitrogens with zero attached hydrogens (tertiary/aromatic N) is 1. The maximum absolute atomic E-state index is 6.50. The van der Waals surface area contributed by atoms with Crippen molar-refractivity contribution >= 4 is 102 Å². The highest BCUT2D eigenvalue weighted by atomic mass is 32.1. The van der Waals surface area contributed by atoms with E-state index in [2.05, 4.69) is 193 Å². The molecule has 2 nitrogen and oxygen atoms in total. The zero-order valence-corrected chi connectivity index (χ0v) is 32.9. The van der Waals surface area contributed by atoms with Crippen LogP contribution in [0.5, 0.6) is 0 Å². The van der Waals surface area contributed by atoms with Crippen LogP contribution in [-0.4, -0.2) is 0 Å². The van der Waals surface area contributed by atoms with Crippen molar-refractivity contribution in [2.45, 2.75) is 0 Å². The molecule has 0 N–H and O–H groups in total. The molecule has 12 rings (SSSR count). The second kappa shape index (κ2) is 13.3. The first-order chi connectivity index (χ1) is 28.7. The van der Waals surface area contributed by atoms with Crippen LogP contribution in [0.2, 0.25) is 0 Å². The first-order valence-electron chi connectivity index (χ1n) is 19.6. The van der Waals surface area contributed by atoms with Crippen molar-refractivity contribution in [2.24, 2.45) is 0 Å². The van der Waals surface area contributed by atoms with Crippen molar-refractivity contribution in [1.82, 2.24) is 0 Å². The van der Waals surface area contributed by atoms with Gasteiger partial charge < -0.3 is 9.32 Å². The van der Waals surface area contributed by atoms with Crippen LogP contribution >= 0.6 is 22.7 Å². The SMILES string of the molecule is c1cc(-c2cccc3c2oc2ccccc23)cc(N(c2ccc(-c3ccc4sc5ccccc5c4c3)cc2)c2ccc(-c3cccc4c3sc3ccccc34)cc2)c1. The molecule has 0 aliphatic rings. The minimum Gasteiger partial charge on any atom is -0.455 e. The number of rotatable bonds is 6. The average molecular weight is 776 g/mol. The maximum atomic E-state index is 6.50. The summed E-state index contributed by atoms with van der Waals surface area (Å²) in [6.45, 7) is 0. The molecule has 0 fully saturated rings. The van der Waals surface area contributed by atoms with E-state index < -0.39 is 0 Å². The monoisotopic (exact) mass is 775 g/mol. The van der Waals surface area contributed by atoms with Crippen LogP contribution in [0.15, 0.2) is 205 Å². The van der Waals surface area contributed by atoms with E-state index in [9.17, 15) is 0 Å². The molecule has 4 heteroatoms. The molecule has 0 atom stereocenters. The Bertz CT molecular complexity index is 3520. The summed E-state index contributed by atoms with van der Waals surface area (Å²) in [5.74, 6) is 0. The fourth-order valence-electron chi connectivity index (χ4n) is 8.71. The Labute approximate surface area is 343 Å². The van der Waals surface area contributed by atoms with Gasteiger partial charge in [0, 0.05) is 73.7 Å². The van der Waals surface area contributed by atoms with Gasteiger partial charge in [-0.25, -0.2) is 0 Å². The van der Waals surface area contributed by atoms with Gasteiger partial charge in [-0.15, -0.1) is 22.7 Å². The van der Waals surface area contributed by atoms with Gasteiger partial charge in [-0.2, -0.15) is 0 Å². The third-order valence-corrected chi connectivity index (χ3v) is 13.9. The predicted molar refractivity (Wildman–Crippen MR) is 250 cm³/mol. The second-order valence-electron chi connectivity index (χ2n) is 14.8. The van der Waals surface area contributed by atoms with E-state index in [4.69, 9.17) is 4.42 Å². The van der Waals surface area contributed by atoms with Gasteiger partial charge in [0.25, 0.3) is 0 Å². The summed E-state index contributed by atoms with van der Waals surface area (Å²) < 4.78 is 11.8. The highest BCUT2D eigenvalue weighted by Crippen LogP contribution is 2.44. The van der Waals surface area contributed by atoms with E-state index in [0.29, 0.717) is 0 Å².